The Morgan fingerprint density at radius 1 is 1.59 bits per heavy atom. The van der Waals surface area contributed by atoms with E-state index in [0.29, 0.717) is 5.02 Å². The lowest BCUT2D eigenvalue weighted by atomic mass is 10.3. The second kappa shape index (κ2) is 4.84. The Hall–Kier alpha value is -2.08. The number of hydrogen-bond donors (Lipinski definition) is 1. The van der Waals surface area contributed by atoms with Crippen LogP contribution in [-0.4, -0.2) is 18.5 Å². The number of benzene rings is 1. The maximum atomic E-state index is 10.9. The van der Waals surface area contributed by atoms with Crippen molar-refractivity contribution in [2.75, 3.05) is 12.4 Å². The molecule has 1 aromatic carbocycles. The van der Waals surface area contributed by atoms with Crippen LogP contribution in [-0.2, 0) is 4.74 Å². The molecule has 2 rings (SSSR count). The molecule has 0 saturated carbocycles. The van der Waals surface area contributed by atoms with Crippen molar-refractivity contribution in [2.24, 2.45) is 0 Å². The first-order valence-electron chi connectivity index (χ1n) is 4.68. The number of ether oxygens (including phenoxy) is 1. The fourth-order valence-electron chi connectivity index (χ4n) is 1.19. The minimum atomic E-state index is -0.626. The number of aromatic nitrogens is 2. The molecule has 2 aromatic rings. The van der Waals surface area contributed by atoms with Gasteiger partial charge in [0.25, 0.3) is 6.20 Å². The zero-order valence-electron chi connectivity index (χ0n) is 8.88. The van der Waals surface area contributed by atoms with Gasteiger partial charge in [0.05, 0.1) is 7.11 Å². The molecule has 88 valence electrons. The molecule has 0 radical (unpaired) electrons. The van der Waals surface area contributed by atoms with E-state index in [9.17, 15) is 4.79 Å². The molecule has 0 aliphatic carbocycles. The maximum absolute atomic E-state index is 10.9. The summed E-state index contributed by atoms with van der Waals surface area (Å²) in [7, 11) is 1.26. The molecule has 0 spiro atoms. The predicted octanol–water partition coefficient (Wildman–Crippen LogP) is 1.78. The summed E-state index contributed by atoms with van der Waals surface area (Å²) in [5, 5.41) is 6.66. The minimum absolute atomic E-state index is 0.178. The van der Waals surface area contributed by atoms with Gasteiger partial charge in [-0.05, 0) is 10.7 Å². The van der Waals surface area contributed by atoms with Gasteiger partial charge < -0.3 is 4.74 Å². The van der Waals surface area contributed by atoms with E-state index in [-0.39, 0.29) is 5.88 Å². The molecule has 17 heavy (non-hydrogen) atoms. The van der Waals surface area contributed by atoms with Crippen molar-refractivity contribution >= 4 is 23.6 Å². The molecule has 7 heteroatoms. The Bertz CT molecular complexity index is 541. The van der Waals surface area contributed by atoms with Gasteiger partial charge in [-0.15, -0.1) is 0 Å². The van der Waals surface area contributed by atoms with E-state index >= 15 is 0 Å². The fraction of sp³-hybridized carbons (Fsp3) is 0.100. The van der Waals surface area contributed by atoms with Crippen molar-refractivity contribution in [3.8, 4) is 5.69 Å². The van der Waals surface area contributed by atoms with Gasteiger partial charge in [0.15, 0.2) is 0 Å². The Kier molecular flexibility index (Phi) is 3.24. The third kappa shape index (κ3) is 2.73. The van der Waals surface area contributed by atoms with Crippen molar-refractivity contribution < 1.29 is 18.7 Å². The summed E-state index contributed by atoms with van der Waals surface area (Å²) in [6, 6.07) is 7.05. The number of hydrogen-bond acceptors (Lipinski definition) is 4. The van der Waals surface area contributed by atoms with E-state index in [1.54, 1.807) is 24.3 Å². The highest BCUT2D eigenvalue weighted by Gasteiger charge is 2.16. The first kappa shape index (κ1) is 11.4. The zero-order chi connectivity index (χ0) is 12.3. The third-order valence-electron chi connectivity index (χ3n) is 1.95. The Morgan fingerprint density at radius 2 is 2.41 bits per heavy atom. The molecule has 1 heterocycles. The lowest BCUT2D eigenvalue weighted by Crippen LogP contribution is -2.31. The Labute approximate surface area is 102 Å². The first-order valence-corrected chi connectivity index (χ1v) is 5.06. The molecular formula is C10H9ClN3O3+. The fourth-order valence-corrected chi connectivity index (χ4v) is 1.38. The number of anilines is 1. The van der Waals surface area contributed by atoms with Crippen LogP contribution >= 0.6 is 11.6 Å². The highest BCUT2D eigenvalue weighted by atomic mass is 35.5. The van der Waals surface area contributed by atoms with Crippen molar-refractivity contribution in [1.82, 2.24) is 5.27 Å². The van der Waals surface area contributed by atoms with Crippen LogP contribution in [0.2, 0.25) is 5.02 Å². The third-order valence-corrected chi connectivity index (χ3v) is 2.19. The van der Waals surface area contributed by atoms with E-state index in [1.807, 2.05) is 0 Å². The molecule has 0 atom stereocenters. The summed E-state index contributed by atoms with van der Waals surface area (Å²) >= 11 is 5.85. The number of methoxy groups -OCH3 is 1. The number of carbonyl (C=O) groups is 1. The second-order valence-electron chi connectivity index (χ2n) is 3.11. The summed E-state index contributed by atoms with van der Waals surface area (Å²) in [4.78, 5) is 10.9. The van der Waals surface area contributed by atoms with Crippen molar-refractivity contribution in [1.29, 1.82) is 0 Å². The number of amides is 1. The van der Waals surface area contributed by atoms with E-state index < -0.39 is 6.09 Å². The quantitative estimate of drug-likeness (QED) is 0.830. The van der Waals surface area contributed by atoms with Crippen molar-refractivity contribution in [2.45, 2.75) is 0 Å². The Balaban J connectivity index is 2.21. The lowest BCUT2D eigenvalue weighted by molar-refractivity contribution is -0.670. The van der Waals surface area contributed by atoms with Gasteiger partial charge >= 0.3 is 12.0 Å². The largest absolute Gasteiger partial charge is 0.453 e. The second-order valence-corrected chi connectivity index (χ2v) is 3.54. The number of rotatable bonds is 2. The number of carbonyl (C=O) groups excluding carboxylic acids is 1. The average Bonchev–Trinajstić information content (AvgIpc) is 2.77. The molecule has 1 amide bonds. The van der Waals surface area contributed by atoms with Crippen LogP contribution in [0.4, 0.5) is 10.7 Å². The molecule has 0 bridgehead atoms. The van der Waals surface area contributed by atoms with Crippen LogP contribution in [0.25, 0.3) is 5.69 Å². The molecular weight excluding hydrogens is 246 g/mol. The lowest BCUT2D eigenvalue weighted by Gasteiger charge is -1.93. The molecule has 0 aliphatic rings. The van der Waals surface area contributed by atoms with E-state index in [1.165, 1.54) is 18.0 Å². The molecule has 1 N–H and O–H groups in total. The molecule has 6 nitrogen and oxygen atoms in total. The van der Waals surface area contributed by atoms with Crippen LogP contribution < -0.4 is 10.00 Å². The summed E-state index contributed by atoms with van der Waals surface area (Å²) in [5.74, 6) is 0.178. The molecule has 0 aliphatic heterocycles. The van der Waals surface area contributed by atoms with Crippen LogP contribution in [0.3, 0.4) is 0 Å². The van der Waals surface area contributed by atoms with Crippen LogP contribution in [0.15, 0.2) is 35.0 Å². The molecule has 0 saturated heterocycles. The smallest absolute Gasteiger partial charge is 0.413 e. The van der Waals surface area contributed by atoms with Gasteiger partial charge in [-0.1, -0.05) is 17.7 Å². The monoisotopic (exact) mass is 254 g/mol. The summed E-state index contributed by atoms with van der Waals surface area (Å²) in [6.45, 7) is 0. The van der Waals surface area contributed by atoms with Gasteiger partial charge in [0, 0.05) is 17.2 Å². The standard InChI is InChI=1S/C10H8ClN3O3/c1-16-10(15)12-9-6-14(13-17-9)8-4-2-3-7(11)5-8/h2-6H,1H3/p+1. The van der Waals surface area contributed by atoms with E-state index in [2.05, 4.69) is 15.3 Å². The predicted molar refractivity (Wildman–Crippen MR) is 59.1 cm³/mol. The molecule has 1 aromatic heterocycles. The van der Waals surface area contributed by atoms with Gasteiger partial charge in [-0.25, -0.2) is 4.79 Å². The summed E-state index contributed by atoms with van der Waals surface area (Å²) in [6.07, 6.45) is 0.877. The van der Waals surface area contributed by atoms with Crippen LogP contribution in [0.5, 0.6) is 0 Å². The van der Waals surface area contributed by atoms with E-state index in [0.717, 1.165) is 5.69 Å². The normalized spacial score (nSPS) is 10.0. The number of halogens is 1. The van der Waals surface area contributed by atoms with Gasteiger partial charge in [-0.2, -0.15) is 0 Å². The number of nitrogens with zero attached hydrogens (tertiary/aromatic N) is 2. The minimum Gasteiger partial charge on any atom is -0.453 e. The number of nitrogens with one attached hydrogen (secondary N) is 1. The van der Waals surface area contributed by atoms with Crippen LogP contribution in [0, 0.1) is 0 Å². The summed E-state index contributed by atoms with van der Waals surface area (Å²) in [5.41, 5.74) is 0.721. The highest BCUT2D eigenvalue weighted by molar-refractivity contribution is 6.30. The van der Waals surface area contributed by atoms with Crippen molar-refractivity contribution in [3.05, 3.63) is 35.5 Å². The van der Waals surface area contributed by atoms with Gasteiger partial charge in [-0.3, -0.25) is 9.84 Å². The highest BCUT2D eigenvalue weighted by Crippen LogP contribution is 2.11. The maximum Gasteiger partial charge on any atom is 0.413 e. The molecule has 0 unspecified atom stereocenters. The van der Waals surface area contributed by atoms with Gasteiger partial charge in [0.1, 0.15) is 0 Å². The van der Waals surface area contributed by atoms with Crippen LogP contribution in [0.1, 0.15) is 0 Å². The Morgan fingerprint density at radius 3 is 3.12 bits per heavy atom. The zero-order valence-corrected chi connectivity index (χ0v) is 9.64. The first-order chi connectivity index (χ1) is 8.19. The SMILES string of the molecule is COC(=O)Nc1c[n+](-c2cccc(Cl)c2)no1. The topological polar surface area (TPSA) is 68.2 Å². The average molecular weight is 255 g/mol. The van der Waals surface area contributed by atoms with Gasteiger partial charge in [0.2, 0.25) is 11.0 Å². The van der Waals surface area contributed by atoms with E-state index in [4.69, 9.17) is 16.1 Å². The molecule has 0 fully saturated rings. The van der Waals surface area contributed by atoms with Crippen molar-refractivity contribution in [3.63, 3.8) is 0 Å². The summed E-state index contributed by atoms with van der Waals surface area (Å²) < 4.78 is 10.8.